The Balaban J connectivity index is 1.50. The van der Waals surface area contributed by atoms with Crippen LogP contribution >= 0.6 is 0 Å². The first-order chi connectivity index (χ1) is 11.0. The normalized spacial score (nSPS) is 21.3. The van der Waals surface area contributed by atoms with Crippen LogP contribution in [0, 0.1) is 5.92 Å². The van der Waals surface area contributed by atoms with E-state index < -0.39 is 6.04 Å². The molecular formula is C15H23N5O3. The Morgan fingerprint density at radius 1 is 1.39 bits per heavy atom. The summed E-state index contributed by atoms with van der Waals surface area (Å²) in [4.78, 5) is 25.5. The monoisotopic (exact) mass is 321 g/mol. The summed E-state index contributed by atoms with van der Waals surface area (Å²) in [6.07, 6.45) is 4.62. The zero-order valence-corrected chi connectivity index (χ0v) is 13.6. The molecule has 1 saturated carbocycles. The number of carbonyl (C=O) groups is 2. The minimum atomic E-state index is -0.566. The fourth-order valence-electron chi connectivity index (χ4n) is 2.49. The fraction of sp³-hybridized carbons (Fsp3) is 0.733. The molecule has 1 saturated heterocycles. The number of carbonyl (C=O) groups excluding carboxylic acids is 2. The Kier molecular flexibility index (Phi) is 4.61. The summed E-state index contributed by atoms with van der Waals surface area (Å²) in [7, 11) is 0. The molecule has 8 heteroatoms. The first-order valence-corrected chi connectivity index (χ1v) is 8.15. The molecule has 0 bridgehead atoms. The molecule has 2 aliphatic rings. The molecule has 0 unspecified atom stereocenters. The number of nitrogens with zero attached hydrogens (tertiary/aromatic N) is 4. The highest BCUT2D eigenvalue weighted by Crippen LogP contribution is 2.28. The van der Waals surface area contributed by atoms with E-state index in [1.807, 2.05) is 20.0 Å². The summed E-state index contributed by atoms with van der Waals surface area (Å²) in [6.45, 7) is 5.43. The van der Waals surface area contributed by atoms with Crippen LogP contribution < -0.4 is 5.32 Å². The van der Waals surface area contributed by atoms with Gasteiger partial charge in [-0.05, 0) is 32.6 Å². The van der Waals surface area contributed by atoms with Crippen molar-refractivity contribution in [1.82, 2.24) is 25.2 Å². The summed E-state index contributed by atoms with van der Waals surface area (Å²) in [5, 5.41) is 10.8. The average Bonchev–Trinajstić information content (AvgIpc) is 3.14. The molecule has 0 radical (unpaired) electrons. The van der Waals surface area contributed by atoms with E-state index >= 15 is 0 Å². The molecule has 1 aliphatic heterocycles. The molecule has 3 rings (SSSR count). The van der Waals surface area contributed by atoms with E-state index in [9.17, 15) is 9.59 Å². The van der Waals surface area contributed by atoms with Crippen molar-refractivity contribution in [1.29, 1.82) is 0 Å². The smallest absolute Gasteiger partial charge is 0.324 e. The Bertz CT molecular complexity index is 581. The van der Waals surface area contributed by atoms with Crippen LogP contribution in [0.3, 0.4) is 0 Å². The van der Waals surface area contributed by atoms with Crippen molar-refractivity contribution in [2.75, 3.05) is 19.8 Å². The van der Waals surface area contributed by atoms with Gasteiger partial charge in [0.05, 0.1) is 18.8 Å². The van der Waals surface area contributed by atoms with Crippen molar-refractivity contribution >= 4 is 11.9 Å². The number of rotatable bonds is 8. The van der Waals surface area contributed by atoms with Crippen LogP contribution in [-0.4, -0.2) is 57.6 Å². The number of aromatic nitrogens is 3. The Labute approximate surface area is 135 Å². The van der Waals surface area contributed by atoms with Crippen molar-refractivity contribution in [3.63, 3.8) is 0 Å². The van der Waals surface area contributed by atoms with Crippen LogP contribution in [0.15, 0.2) is 6.20 Å². The van der Waals surface area contributed by atoms with Crippen LogP contribution in [0.4, 0.5) is 4.79 Å². The second-order valence-electron chi connectivity index (χ2n) is 6.50. The van der Waals surface area contributed by atoms with Gasteiger partial charge in [-0.2, -0.15) is 0 Å². The molecule has 1 aliphatic carbocycles. The lowest BCUT2D eigenvalue weighted by Crippen LogP contribution is -2.35. The van der Waals surface area contributed by atoms with Gasteiger partial charge in [0.1, 0.15) is 6.04 Å². The molecule has 2 fully saturated rings. The van der Waals surface area contributed by atoms with E-state index in [2.05, 4.69) is 15.6 Å². The average molecular weight is 321 g/mol. The predicted octanol–water partition coefficient (Wildman–Crippen LogP) is 0.748. The van der Waals surface area contributed by atoms with E-state index in [1.165, 1.54) is 17.7 Å². The number of ether oxygens (including phenoxy) is 1. The summed E-state index contributed by atoms with van der Waals surface area (Å²) in [5.74, 6) is 0.457. The summed E-state index contributed by atoms with van der Waals surface area (Å²) in [5.41, 5.74) is 0.698. The largest absolute Gasteiger partial charge is 0.379 e. The maximum absolute atomic E-state index is 12.3. The van der Waals surface area contributed by atoms with Gasteiger partial charge in [0, 0.05) is 25.3 Å². The van der Waals surface area contributed by atoms with Gasteiger partial charge >= 0.3 is 6.03 Å². The third-order valence-electron chi connectivity index (χ3n) is 4.12. The Morgan fingerprint density at radius 3 is 2.83 bits per heavy atom. The number of nitrogens with one attached hydrogen (secondary N) is 1. The third kappa shape index (κ3) is 3.87. The second-order valence-corrected chi connectivity index (χ2v) is 6.50. The van der Waals surface area contributed by atoms with Crippen molar-refractivity contribution in [3.8, 4) is 0 Å². The lowest BCUT2D eigenvalue weighted by molar-refractivity contribution is -0.128. The van der Waals surface area contributed by atoms with Crippen LogP contribution in [0.2, 0.25) is 0 Å². The van der Waals surface area contributed by atoms with Crippen LogP contribution in [0.1, 0.15) is 38.4 Å². The fourth-order valence-corrected chi connectivity index (χ4v) is 2.49. The highest BCUT2D eigenvalue weighted by molar-refractivity contribution is 6.04. The van der Waals surface area contributed by atoms with Crippen molar-refractivity contribution in [3.05, 3.63) is 11.9 Å². The summed E-state index contributed by atoms with van der Waals surface area (Å²) >= 11 is 0. The number of imide groups is 1. The van der Waals surface area contributed by atoms with Gasteiger partial charge < -0.3 is 10.1 Å². The Morgan fingerprint density at radius 2 is 2.17 bits per heavy atom. The Hall–Kier alpha value is -1.96. The van der Waals surface area contributed by atoms with E-state index in [0.29, 0.717) is 31.2 Å². The van der Waals surface area contributed by atoms with Crippen LogP contribution in [-0.2, 0) is 16.0 Å². The maximum atomic E-state index is 12.3. The van der Waals surface area contributed by atoms with E-state index in [4.69, 9.17) is 4.74 Å². The minimum absolute atomic E-state index is 0.213. The van der Waals surface area contributed by atoms with Crippen molar-refractivity contribution in [2.45, 2.75) is 45.2 Å². The molecule has 2 heterocycles. The lowest BCUT2D eigenvalue weighted by Gasteiger charge is -2.12. The van der Waals surface area contributed by atoms with Gasteiger partial charge in [0.2, 0.25) is 0 Å². The van der Waals surface area contributed by atoms with Gasteiger partial charge in [-0.15, -0.1) is 5.10 Å². The zero-order valence-electron chi connectivity index (χ0n) is 13.6. The van der Waals surface area contributed by atoms with Gasteiger partial charge in [0.15, 0.2) is 0 Å². The van der Waals surface area contributed by atoms with E-state index in [0.717, 1.165) is 6.61 Å². The summed E-state index contributed by atoms with van der Waals surface area (Å²) in [6, 6.07) is -0.709. The van der Waals surface area contributed by atoms with Gasteiger partial charge in [-0.25, -0.2) is 9.48 Å². The number of hydrogen-bond acceptors (Lipinski definition) is 5. The van der Waals surface area contributed by atoms with E-state index in [-0.39, 0.29) is 18.0 Å². The number of amides is 3. The molecule has 1 aromatic heterocycles. The number of hydrogen-bond donors (Lipinski definition) is 1. The molecule has 3 amide bonds. The topological polar surface area (TPSA) is 89.4 Å². The molecule has 0 aromatic carbocycles. The first-order valence-electron chi connectivity index (χ1n) is 8.15. The SMILES string of the molecule is CC(C)n1cc(C[C@H]2NC(=O)N(CCOCC3CC3)C2=O)nn1. The third-order valence-corrected chi connectivity index (χ3v) is 4.12. The highest BCUT2D eigenvalue weighted by Gasteiger charge is 2.38. The second kappa shape index (κ2) is 6.66. The molecule has 126 valence electrons. The first kappa shape index (κ1) is 15.9. The molecule has 23 heavy (non-hydrogen) atoms. The molecule has 1 aromatic rings. The quantitative estimate of drug-likeness (QED) is 0.564. The predicted molar refractivity (Wildman–Crippen MR) is 81.7 cm³/mol. The molecule has 0 spiro atoms. The van der Waals surface area contributed by atoms with Crippen molar-refractivity contribution < 1.29 is 14.3 Å². The molecular weight excluding hydrogens is 298 g/mol. The molecule has 1 N–H and O–H groups in total. The zero-order chi connectivity index (χ0) is 16.4. The standard InChI is InChI=1S/C15H23N5O3/c1-10(2)20-8-12(17-18-20)7-13-14(21)19(15(22)16-13)5-6-23-9-11-3-4-11/h8,10-11,13H,3-7,9H2,1-2H3,(H,16,22)/t13-/m1/s1. The van der Waals surface area contributed by atoms with Gasteiger partial charge in [-0.1, -0.05) is 5.21 Å². The van der Waals surface area contributed by atoms with Crippen molar-refractivity contribution in [2.24, 2.45) is 5.92 Å². The molecule has 1 atom stereocenters. The highest BCUT2D eigenvalue weighted by atomic mass is 16.5. The van der Waals surface area contributed by atoms with Crippen LogP contribution in [0.5, 0.6) is 0 Å². The number of urea groups is 1. The molecule has 8 nitrogen and oxygen atoms in total. The van der Waals surface area contributed by atoms with Gasteiger partial charge in [-0.3, -0.25) is 9.69 Å². The van der Waals surface area contributed by atoms with Gasteiger partial charge in [0.25, 0.3) is 5.91 Å². The van der Waals surface area contributed by atoms with Crippen LogP contribution in [0.25, 0.3) is 0 Å². The minimum Gasteiger partial charge on any atom is -0.379 e. The summed E-state index contributed by atoms with van der Waals surface area (Å²) < 4.78 is 7.24. The van der Waals surface area contributed by atoms with E-state index in [1.54, 1.807) is 4.68 Å². The maximum Gasteiger partial charge on any atom is 0.324 e. The lowest BCUT2D eigenvalue weighted by atomic mass is 10.1.